The fraction of sp³-hybridized carbons (Fsp3) is 0.667. The van der Waals surface area contributed by atoms with Crippen molar-refractivity contribution in [3.63, 3.8) is 0 Å². The van der Waals surface area contributed by atoms with Crippen LogP contribution in [0.1, 0.15) is 62.9 Å². The minimum Gasteiger partial charge on any atom is -0.310 e. The molecule has 1 fully saturated rings. The molecule has 0 saturated heterocycles. The van der Waals surface area contributed by atoms with Gasteiger partial charge in [-0.05, 0) is 25.7 Å². The van der Waals surface area contributed by atoms with E-state index in [9.17, 15) is 4.79 Å². The Morgan fingerprint density at radius 3 is 2.67 bits per heavy atom. The molecule has 0 amide bonds. The van der Waals surface area contributed by atoms with Gasteiger partial charge in [-0.25, -0.2) is 4.98 Å². The predicted octanol–water partition coefficient (Wildman–Crippen LogP) is 2.55. The van der Waals surface area contributed by atoms with Crippen LogP contribution in [0.5, 0.6) is 0 Å². The summed E-state index contributed by atoms with van der Waals surface area (Å²) in [7, 11) is 0. The van der Waals surface area contributed by atoms with Crippen LogP contribution >= 0.6 is 0 Å². The van der Waals surface area contributed by atoms with Gasteiger partial charge in [0.25, 0.3) is 5.56 Å². The lowest BCUT2D eigenvalue weighted by atomic mass is 10.0. The molecule has 0 unspecified atom stereocenters. The molecular weight excluding hydrogens is 188 g/mol. The number of aromatic nitrogens is 2. The van der Waals surface area contributed by atoms with Crippen LogP contribution in [0.25, 0.3) is 0 Å². The van der Waals surface area contributed by atoms with E-state index in [1.165, 1.54) is 12.8 Å². The Morgan fingerprint density at radius 2 is 2.13 bits per heavy atom. The lowest BCUT2D eigenvalue weighted by Gasteiger charge is -2.11. The average molecular weight is 206 g/mol. The average Bonchev–Trinajstić information content (AvgIpc) is 3.02. The van der Waals surface area contributed by atoms with Crippen LogP contribution in [0, 0.1) is 0 Å². The molecule has 15 heavy (non-hydrogen) atoms. The molecule has 0 radical (unpaired) electrons. The van der Waals surface area contributed by atoms with E-state index in [2.05, 4.69) is 23.8 Å². The van der Waals surface area contributed by atoms with Crippen molar-refractivity contribution in [2.75, 3.05) is 0 Å². The highest BCUT2D eigenvalue weighted by molar-refractivity contribution is 5.15. The van der Waals surface area contributed by atoms with Gasteiger partial charge in [0.15, 0.2) is 0 Å². The van der Waals surface area contributed by atoms with Crippen LogP contribution in [-0.2, 0) is 0 Å². The lowest BCUT2D eigenvalue weighted by molar-refractivity contribution is 0.594. The van der Waals surface area contributed by atoms with Crippen molar-refractivity contribution in [1.82, 2.24) is 9.97 Å². The van der Waals surface area contributed by atoms with Crippen molar-refractivity contribution in [2.45, 2.75) is 51.4 Å². The summed E-state index contributed by atoms with van der Waals surface area (Å²) < 4.78 is 0. The van der Waals surface area contributed by atoms with Crippen molar-refractivity contribution in [3.8, 4) is 0 Å². The smallest absolute Gasteiger partial charge is 0.251 e. The maximum atomic E-state index is 11.5. The third-order valence-corrected chi connectivity index (χ3v) is 3.15. The zero-order valence-corrected chi connectivity index (χ0v) is 9.42. The van der Waals surface area contributed by atoms with Crippen LogP contribution < -0.4 is 5.56 Å². The summed E-state index contributed by atoms with van der Waals surface area (Å²) in [6.07, 6.45) is 4.46. The van der Waals surface area contributed by atoms with E-state index in [1.807, 2.05) is 0 Å². The number of nitrogens with one attached hydrogen (secondary N) is 1. The first kappa shape index (κ1) is 10.4. The second kappa shape index (κ2) is 4.17. The quantitative estimate of drug-likeness (QED) is 0.822. The Balaban J connectivity index is 2.33. The topological polar surface area (TPSA) is 45.8 Å². The summed E-state index contributed by atoms with van der Waals surface area (Å²) >= 11 is 0. The summed E-state index contributed by atoms with van der Waals surface area (Å²) in [6, 6.07) is 1.66. The molecule has 0 aromatic carbocycles. The Hall–Kier alpha value is -1.12. The van der Waals surface area contributed by atoms with Crippen molar-refractivity contribution >= 4 is 0 Å². The van der Waals surface area contributed by atoms with E-state index >= 15 is 0 Å². The zero-order chi connectivity index (χ0) is 10.8. The molecule has 1 heterocycles. The zero-order valence-electron chi connectivity index (χ0n) is 9.42. The number of aromatic amines is 1. The predicted molar refractivity (Wildman–Crippen MR) is 60.2 cm³/mol. The summed E-state index contributed by atoms with van der Waals surface area (Å²) in [5.74, 6) is 1.84. The van der Waals surface area contributed by atoms with Gasteiger partial charge in [0, 0.05) is 17.9 Å². The maximum Gasteiger partial charge on any atom is 0.251 e. The molecule has 1 N–H and O–H groups in total. The Kier molecular flexibility index (Phi) is 2.89. The largest absolute Gasteiger partial charge is 0.310 e. The first-order valence-electron chi connectivity index (χ1n) is 5.85. The van der Waals surface area contributed by atoms with Gasteiger partial charge in [-0.15, -0.1) is 0 Å². The van der Waals surface area contributed by atoms with Gasteiger partial charge < -0.3 is 4.98 Å². The SMILES string of the molecule is CCC(CC)c1nc(C2CC2)cc(=O)[nH]1. The van der Waals surface area contributed by atoms with Gasteiger partial charge in [0.2, 0.25) is 0 Å². The monoisotopic (exact) mass is 206 g/mol. The summed E-state index contributed by atoms with van der Waals surface area (Å²) in [6.45, 7) is 4.27. The van der Waals surface area contributed by atoms with Gasteiger partial charge in [-0.2, -0.15) is 0 Å². The van der Waals surface area contributed by atoms with E-state index < -0.39 is 0 Å². The van der Waals surface area contributed by atoms with Gasteiger partial charge >= 0.3 is 0 Å². The lowest BCUT2D eigenvalue weighted by Crippen LogP contribution is -2.15. The number of rotatable bonds is 4. The summed E-state index contributed by atoms with van der Waals surface area (Å²) in [5, 5.41) is 0. The summed E-state index contributed by atoms with van der Waals surface area (Å²) in [5.41, 5.74) is 1.01. The van der Waals surface area contributed by atoms with E-state index in [1.54, 1.807) is 6.07 Å². The standard InChI is InChI=1S/C12H18N2O/c1-3-8(4-2)12-13-10(9-5-6-9)7-11(15)14-12/h7-9H,3-6H2,1-2H3,(H,13,14,15). The van der Waals surface area contributed by atoms with Crippen molar-refractivity contribution in [3.05, 3.63) is 27.9 Å². The van der Waals surface area contributed by atoms with E-state index in [4.69, 9.17) is 0 Å². The molecule has 0 aliphatic heterocycles. The normalized spacial score (nSPS) is 15.9. The molecule has 1 aliphatic carbocycles. The molecule has 1 aromatic rings. The fourth-order valence-corrected chi connectivity index (χ4v) is 1.95. The molecule has 0 bridgehead atoms. The van der Waals surface area contributed by atoms with Crippen LogP contribution in [0.2, 0.25) is 0 Å². The van der Waals surface area contributed by atoms with Gasteiger partial charge in [-0.1, -0.05) is 13.8 Å². The maximum absolute atomic E-state index is 11.5. The minimum absolute atomic E-state index is 0.00815. The highest BCUT2D eigenvalue weighted by Crippen LogP contribution is 2.38. The molecule has 0 spiro atoms. The van der Waals surface area contributed by atoms with Gasteiger partial charge in [0.05, 0.1) is 5.69 Å². The second-order valence-electron chi connectivity index (χ2n) is 4.34. The van der Waals surface area contributed by atoms with Crippen LogP contribution in [-0.4, -0.2) is 9.97 Å². The van der Waals surface area contributed by atoms with Gasteiger partial charge in [-0.3, -0.25) is 4.79 Å². The number of nitrogens with zero attached hydrogens (tertiary/aromatic N) is 1. The second-order valence-corrected chi connectivity index (χ2v) is 4.34. The molecule has 0 atom stereocenters. The van der Waals surface area contributed by atoms with Crippen LogP contribution in [0.3, 0.4) is 0 Å². The molecule has 2 rings (SSSR count). The highest BCUT2D eigenvalue weighted by atomic mass is 16.1. The molecule has 3 nitrogen and oxygen atoms in total. The highest BCUT2D eigenvalue weighted by Gasteiger charge is 2.26. The molecule has 1 saturated carbocycles. The molecule has 1 aliphatic rings. The number of hydrogen-bond acceptors (Lipinski definition) is 2. The van der Waals surface area contributed by atoms with Crippen LogP contribution in [0.15, 0.2) is 10.9 Å². The molecular formula is C12H18N2O. The fourth-order valence-electron chi connectivity index (χ4n) is 1.95. The third-order valence-electron chi connectivity index (χ3n) is 3.15. The van der Waals surface area contributed by atoms with Crippen molar-refractivity contribution in [2.24, 2.45) is 0 Å². The molecule has 82 valence electrons. The number of H-pyrrole nitrogens is 1. The van der Waals surface area contributed by atoms with E-state index in [0.717, 1.165) is 24.4 Å². The van der Waals surface area contributed by atoms with Crippen LogP contribution in [0.4, 0.5) is 0 Å². The first-order valence-corrected chi connectivity index (χ1v) is 5.85. The first-order chi connectivity index (χ1) is 7.24. The van der Waals surface area contributed by atoms with E-state index in [0.29, 0.717) is 11.8 Å². The Labute approximate surface area is 89.9 Å². The summed E-state index contributed by atoms with van der Waals surface area (Å²) in [4.78, 5) is 18.9. The third kappa shape index (κ3) is 2.28. The van der Waals surface area contributed by atoms with Crippen molar-refractivity contribution in [1.29, 1.82) is 0 Å². The Bertz CT molecular complexity index is 389. The molecule has 3 heteroatoms. The van der Waals surface area contributed by atoms with Crippen molar-refractivity contribution < 1.29 is 0 Å². The Morgan fingerprint density at radius 1 is 1.47 bits per heavy atom. The minimum atomic E-state index is 0.00815. The number of hydrogen-bond donors (Lipinski definition) is 1. The van der Waals surface area contributed by atoms with Gasteiger partial charge in [0.1, 0.15) is 5.82 Å². The van der Waals surface area contributed by atoms with E-state index in [-0.39, 0.29) is 5.56 Å². The molecule has 1 aromatic heterocycles.